The smallest absolute Gasteiger partial charge is 0.305 e. The first-order valence-corrected chi connectivity index (χ1v) is 8.72. The van der Waals surface area contributed by atoms with Crippen molar-refractivity contribution < 1.29 is 14.3 Å². The van der Waals surface area contributed by atoms with Crippen molar-refractivity contribution in [2.75, 3.05) is 7.11 Å². The summed E-state index contributed by atoms with van der Waals surface area (Å²) < 4.78 is 4.48. The van der Waals surface area contributed by atoms with Gasteiger partial charge in [-0.25, -0.2) is 0 Å². The van der Waals surface area contributed by atoms with Crippen LogP contribution in [0.3, 0.4) is 0 Å². The van der Waals surface area contributed by atoms with Crippen LogP contribution in [0, 0.1) is 0 Å². The molecule has 0 aliphatic heterocycles. The number of carbonyl (C=O) groups excluding carboxylic acids is 2. The molecule has 0 heterocycles. The van der Waals surface area contributed by atoms with E-state index in [1.54, 1.807) is 6.08 Å². The molecule has 0 fully saturated rings. The largest absolute Gasteiger partial charge is 0.469 e. The van der Waals surface area contributed by atoms with Crippen LogP contribution in [-0.2, 0) is 14.3 Å². The number of ether oxygens (including phenoxy) is 1. The molecule has 0 radical (unpaired) electrons. The van der Waals surface area contributed by atoms with E-state index in [9.17, 15) is 9.59 Å². The van der Waals surface area contributed by atoms with Gasteiger partial charge in [0.1, 0.15) is 0 Å². The zero-order valence-corrected chi connectivity index (χ0v) is 11.0. The standard InChI is InChI=1S/C11H20O3Si/c1-14-11(13)7-5-6-10(12)8-9-15(2,3)4/h8-9H,5-7H2,1-4H3/b9-8+. The first kappa shape index (κ1) is 14.1. The maximum Gasteiger partial charge on any atom is 0.305 e. The van der Waals surface area contributed by atoms with Gasteiger partial charge in [0.2, 0.25) is 0 Å². The van der Waals surface area contributed by atoms with Gasteiger partial charge in [0.15, 0.2) is 5.78 Å². The first-order chi connectivity index (χ1) is 6.85. The van der Waals surface area contributed by atoms with Crippen LogP contribution in [0.15, 0.2) is 11.8 Å². The number of methoxy groups -OCH3 is 1. The highest BCUT2D eigenvalue weighted by Gasteiger charge is 2.08. The third-order valence-electron chi connectivity index (χ3n) is 1.80. The lowest BCUT2D eigenvalue weighted by Crippen LogP contribution is -2.16. The lowest BCUT2D eigenvalue weighted by molar-refractivity contribution is -0.140. The highest BCUT2D eigenvalue weighted by atomic mass is 28.3. The number of rotatable bonds is 6. The van der Waals surface area contributed by atoms with E-state index < -0.39 is 8.07 Å². The average Bonchev–Trinajstić information content (AvgIpc) is 2.13. The van der Waals surface area contributed by atoms with E-state index in [4.69, 9.17) is 0 Å². The number of hydrogen-bond donors (Lipinski definition) is 0. The molecule has 0 unspecified atom stereocenters. The van der Waals surface area contributed by atoms with Crippen LogP contribution in [0.5, 0.6) is 0 Å². The number of esters is 1. The molecule has 0 aromatic heterocycles. The molecule has 86 valence electrons. The van der Waals surface area contributed by atoms with Gasteiger partial charge in [-0.05, 0) is 12.5 Å². The summed E-state index contributed by atoms with van der Waals surface area (Å²) in [5.74, 6) is -0.154. The van der Waals surface area contributed by atoms with Crippen LogP contribution < -0.4 is 0 Å². The van der Waals surface area contributed by atoms with Crippen LogP contribution >= 0.6 is 0 Å². The summed E-state index contributed by atoms with van der Waals surface area (Å²) in [6.07, 6.45) is 2.98. The van der Waals surface area contributed by atoms with Gasteiger partial charge in [-0.1, -0.05) is 25.3 Å². The van der Waals surface area contributed by atoms with E-state index in [-0.39, 0.29) is 11.8 Å². The number of hydrogen-bond acceptors (Lipinski definition) is 3. The molecule has 0 aliphatic carbocycles. The molecule has 0 aromatic carbocycles. The molecule has 15 heavy (non-hydrogen) atoms. The van der Waals surface area contributed by atoms with Crippen molar-refractivity contribution in [3.8, 4) is 0 Å². The molecular formula is C11H20O3Si. The number of ketones is 1. The van der Waals surface area contributed by atoms with Crippen molar-refractivity contribution in [2.24, 2.45) is 0 Å². The molecule has 0 atom stereocenters. The molecule has 3 nitrogen and oxygen atoms in total. The fraction of sp³-hybridized carbons (Fsp3) is 0.636. The van der Waals surface area contributed by atoms with Crippen molar-refractivity contribution in [3.63, 3.8) is 0 Å². The summed E-state index contributed by atoms with van der Waals surface area (Å²) in [6.45, 7) is 6.52. The molecule has 0 rings (SSSR count). The Morgan fingerprint density at radius 3 is 2.27 bits per heavy atom. The van der Waals surface area contributed by atoms with E-state index in [1.165, 1.54) is 7.11 Å². The highest BCUT2D eigenvalue weighted by molar-refractivity contribution is 6.81. The summed E-state index contributed by atoms with van der Waals surface area (Å²) in [7, 11) is 0.0755. The summed E-state index contributed by atoms with van der Waals surface area (Å²) in [6, 6.07) is 0. The summed E-state index contributed by atoms with van der Waals surface area (Å²) in [4.78, 5) is 22.1. The molecule has 0 bridgehead atoms. The minimum absolute atomic E-state index is 0.0985. The topological polar surface area (TPSA) is 43.4 Å². The Labute approximate surface area is 92.5 Å². The second kappa shape index (κ2) is 6.56. The third kappa shape index (κ3) is 9.40. The molecule has 0 spiro atoms. The van der Waals surface area contributed by atoms with E-state index >= 15 is 0 Å². The molecule has 0 saturated heterocycles. The van der Waals surface area contributed by atoms with Gasteiger partial charge in [0.05, 0.1) is 15.2 Å². The Kier molecular flexibility index (Phi) is 6.16. The van der Waals surface area contributed by atoms with Crippen molar-refractivity contribution in [1.82, 2.24) is 0 Å². The molecule has 0 aliphatic rings. The van der Waals surface area contributed by atoms with Gasteiger partial charge in [0, 0.05) is 12.8 Å². The van der Waals surface area contributed by atoms with Gasteiger partial charge >= 0.3 is 5.97 Å². The van der Waals surface area contributed by atoms with Gasteiger partial charge in [-0.3, -0.25) is 9.59 Å². The Morgan fingerprint density at radius 1 is 1.20 bits per heavy atom. The lowest BCUT2D eigenvalue weighted by Gasteiger charge is -2.07. The highest BCUT2D eigenvalue weighted by Crippen LogP contribution is 2.04. The fourth-order valence-corrected chi connectivity index (χ4v) is 1.62. The average molecular weight is 228 g/mol. The van der Waals surface area contributed by atoms with Crippen LogP contribution in [0.2, 0.25) is 19.6 Å². The normalized spacial score (nSPS) is 11.7. The zero-order chi connectivity index (χ0) is 11.9. The van der Waals surface area contributed by atoms with Crippen LogP contribution in [0.4, 0.5) is 0 Å². The van der Waals surface area contributed by atoms with Crippen molar-refractivity contribution in [1.29, 1.82) is 0 Å². The monoisotopic (exact) mass is 228 g/mol. The van der Waals surface area contributed by atoms with Gasteiger partial charge in [-0.2, -0.15) is 0 Å². The first-order valence-electron chi connectivity index (χ1n) is 5.14. The van der Waals surface area contributed by atoms with Crippen molar-refractivity contribution >= 4 is 19.8 Å². The van der Waals surface area contributed by atoms with Crippen LogP contribution in [0.1, 0.15) is 19.3 Å². The van der Waals surface area contributed by atoms with E-state index in [2.05, 4.69) is 24.4 Å². The van der Waals surface area contributed by atoms with Crippen LogP contribution in [-0.4, -0.2) is 26.9 Å². The van der Waals surface area contributed by atoms with E-state index in [0.717, 1.165) is 0 Å². The van der Waals surface area contributed by atoms with E-state index in [1.807, 2.05) is 5.70 Å². The van der Waals surface area contributed by atoms with Crippen LogP contribution in [0.25, 0.3) is 0 Å². The number of carbonyl (C=O) groups is 2. The second-order valence-corrected chi connectivity index (χ2v) is 9.66. The maximum atomic E-state index is 11.3. The predicted octanol–water partition coefficient (Wildman–Crippen LogP) is 2.33. The molecule has 0 aromatic rings. The SMILES string of the molecule is COC(=O)CCCC(=O)/C=C/[Si](C)(C)C. The molecular weight excluding hydrogens is 208 g/mol. The Balaban J connectivity index is 3.77. The van der Waals surface area contributed by atoms with E-state index in [0.29, 0.717) is 19.3 Å². The summed E-state index contributed by atoms with van der Waals surface area (Å²) in [5, 5.41) is 0. The van der Waals surface area contributed by atoms with Gasteiger partial charge in [0.25, 0.3) is 0 Å². The molecule has 0 amide bonds. The minimum atomic E-state index is -1.28. The van der Waals surface area contributed by atoms with Gasteiger partial charge < -0.3 is 4.74 Å². The quantitative estimate of drug-likeness (QED) is 0.398. The Morgan fingerprint density at radius 2 is 1.80 bits per heavy atom. The third-order valence-corrected chi connectivity index (χ3v) is 2.97. The number of allylic oxidation sites excluding steroid dienone is 1. The Hall–Kier alpha value is -0.903. The molecule has 0 saturated carbocycles. The predicted molar refractivity (Wildman–Crippen MR) is 63.4 cm³/mol. The van der Waals surface area contributed by atoms with Gasteiger partial charge in [-0.15, -0.1) is 0 Å². The zero-order valence-electron chi connectivity index (χ0n) is 10.0. The maximum absolute atomic E-state index is 11.3. The summed E-state index contributed by atoms with van der Waals surface area (Å²) in [5.41, 5.74) is 2.02. The summed E-state index contributed by atoms with van der Waals surface area (Å²) >= 11 is 0. The molecule has 0 N–H and O–H groups in total. The second-order valence-electron chi connectivity index (χ2n) is 4.60. The van der Waals surface area contributed by atoms with Crippen molar-refractivity contribution in [2.45, 2.75) is 38.9 Å². The lowest BCUT2D eigenvalue weighted by atomic mass is 10.2. The Bertz CT molecular complexity index is 251. The minimum Gasteiger partial charge on any atom is -0.469 e. The van der Waals surface area contributed by atoms with Crippen molar-refractivity contribution in [3.05, 3.63) is 11.8 Å². The fourth-order valence-electron chi connectivity index (χ4n) is 0.935. The molecule has 4 heteroatoms.